The Morgan fingerprint density at radius 1 is 1.21 bits per heavy atom. The molecule has 1 aromatic carbocycles. The molecule has 14 heavy (non-hydrogen) atoms. The zero-order valence-corrected chi connectivity index (χ0v) is 10.4. The number of rotatable bonds is 0. The van der Waals surface area contributed by atoms with Crippen LogP contribution in [0.25, 0.3) is 10.9 Å². The number of benzene rings is 1. The van der Waals surface area contributed by atoms with Crippen LogP contribution in [0.4, 0.5) is 0 Å². The average Bonchev–Trinajstić information content (AvgIpc) is 2.12. The van der Waals surface area contributed by atoms with Crippen molar-refractivity contribution in [2.45, 2.75) is 0 Å². The van der Waals surface area contributed by atoms with Crippen LogP contribution >= 0.6 is 45.8 Å². The van der Waals surface area contributed by atoms with E-state index in [-0.39, 0.29) is 10.5 Å². The summed E-state index contributed by atoms with van der Waals surface area (Å²) in [5, 5.41) is 1.23. The third-order valence-electron chi connectivity index (χ3n) is 1.86. The molecule has 2 nitrogen and oxygen atoms in total. The third-order valence-corrected chi connectivity index (χ3v) is 3.06. The van der Waals surface area contributed by atoms with E-state index in [1.165, 1.54) is 6.20 Å². The first-order valence-corrected chi connectivity index (χ1v) is 5.59. The van der Waals surface area contributed by atoms with Crippen LogP contribution in [0.15, 0.2) is 23.1 Å². The summed E-state index contributed by atoms with van der Waals surface area (Å²) in [4.78, 5) is 14.5. The van der Waals surface area contributed by atoms with Crippen LogP contribution in [0.1, 0.15) is 0 Å². The minimum absolute atomic E-state index is 0.176. The molecule has 5 heteroatoms. The molecule has 0 saturated carbocycles. The van der Waals surface area contributed by atoms with E-state index in [9.17, 15) is 4.79 Å². The SMILES string of the molecule is O=c1c(Cl)c[nH]c2c(Cl)cc(I)cc12. The van der Waals surface area contributed by atoms with Gasteiger partial charge in [-0.15, -0.1) is 0 Å². The number of hydrogen-bond acceptors (Lipinski definition) is 1. The van der Waals surface area contributed by atoms with Gasteiger partial charge < -0.3 is 4.98 Å². The summed E-state index contributed by atoms with van der Waals surface area (Å²) in [6.07, 6.45) is 1.45. The summed E-state index contributed by atoms with van der Waals surface area (Å²) >= 11 is 13.8. The summed E-state index contributed by atoms with van der Waals surface area (Å²) < 4.78 is 0.910. The average molecular weight is 340 g/mol. The van der Waals surface area contributed by atoms with Gasteiger partial charge in [0.05, 0.1) is 10.5 Å². The predicted octanol–water partition coefficient (Wildman–Crippen LogP) is 3.44. The number of hydrogen-bond donors (Lipinski definition) is 1. The smallest absolute Gasteiger partial charge is 0.208 e. The van der Waals surface area contributed by atoms with Gasteiger partial charge in [0.1, 0.15) is 5.02 Å². The summed E-state index contributed by atoms with van der Waals surface area (Å²) in [6.45, 7) is 0. The minimum atomic E-state index is -0.194. The number of pyridine rings is 1. The van der Waals surface area contributed by atoms with E-state index < -0.39 is 0 Å². The number of aromatic amines is 1. The molecular formula is C9H4Cl2INO. The van der Waals surface area contributed by atoms with Gasteiger partial charge in [-0.1, -0.05) is 23.2 Å². The van der Waals surface area contributed by atoms with Crippen LogP contribution in [0.2, 0.25) is 10.0 Å². The van der Waals surface area contributed by atoms with E-state index in [2.05, 4.69) is 27.6 Å². The Morgan fingerprint density at radius 2 is 1.93 bits per heavy atom. The second-order valence-corrected chi connectivity index (χ2v) is 4.84. The Kier molecular flexibility index (Phi) is 2.72. The van der Waals surface area contributed by atoms with E-state index in [4.69, 9.17) is 23.2 Å². The number of aromatic nitrogens is 1. The van der Waals surface area contributed by atoms with E-state index >= 15 is 0 Å². The molecule has 0 aliphatic heterocycles. The highest BCUT2D eigenvalue weighted by Crippen LogP contribution is 2.23. The fourth-order valence-corrected chi connectivity index (χ4v) is 2.47. The standard InChI is InChI=1S/C9H4Cl2INO/c10-6-2-4(12)1-5-8(6)13-3-7(11)9(5)14/h1-3H,(H,13,14). The van der Waals surface area contributed by atoms with Crippen molar-refractivity contribution in [2.24, 2.45) is 0 Å². The van der Waals surface area contributed by atoms with Crippen molar-refractivity contribution < 1.29 is 0 Å². The van der Waals surface area contributed by atoms with Crippen LogP contribution < -0.4 is 5.43 Å². The first-order valence-electron chi connectivity index (χ1n) is 3.75. The number of nitrogens with one attached hydrogen (secondary N) is 1. The summed E-state index contributed by atoms with van der Waals surface area (Å²) in [7, 11) is 0. The van der Waals surface area contributed by atoms with Crippen molar-refractivity contribution in [3.63, 3.8) is 0 Å². The second kappa shape index (κ2) is 3.72. The van der Waals surface area contributed by atoms with Gasteiger partial charge in [-0.25, -0.2) is 0 Å². The Bertz CT molecular complexity index is 564. The molecule has 0 fully saturated rings. The second-order valence-electron chi connectivity index (χ2n) is 2.78. The Hall–Kier alpha value is -0.260. The first kappa shape index (κ1) is 10.3. The van der Waals surface area contributed by atoms with Crippen LogP contribution in [0.5, 0.6) is 0 Å². The lowest BCUT2D eigenvalue weighted by Gasteiger charge is -2.01. The van der Waals surface area contributed by atoms with Gasteiger partial charge in [0.15, 0.2) is 0 Å². The lowest BCUT2D eigenvalue weighted by molar-refractivity contribution is 1.39. The maximum absolute atomic E-state index is 11.6. The van der Waals surface area contributed by atoms with Crippen molar-refractivity contribution in [2.75, 3.05) is 0 Å². The molecule has 0 bridgehead atoms. The molecule has 1 N–H and O–H groups in total. The van der Waals surface area contributed by atoms with Crippen molar-refractivity contribution in [1.29, 1.82) is 0 Å². The number of H-pyrrole nitrogens is 1. The van der Waals surface area contributed by atoms with E-state index in [1.54, 1.807) is 12.1 Å². The molecule has 2 rings (SSSR count). The molecule has 2 aromatic rings. The Labute approximate surface area is 103 Å². The summed E-state index contributed by atoms with van der Waals surface area (Å²) in [6, 6.07) is 3.54. The molecule has 1 heterocycles. The van der Waals surface area contributed by atoms with Crippen LogP contribution in [-0.4, -0.2) is 4.98 Å². The summed E-state index contributed by atoms with van der Waals surface area (Å²) in [5.74, 6) is 0. The summed E-state index contributed by atoms with van der Waals surface area (Å²) in [5.41, 5.74) is 0.433. The van der Waals surface area contributed by atoms with E-state index in [1.807, 2.05) is 0 Å². The Balaban J connectivity index is 3.03. The van der Waals surface area contributed by atoms with Gasteiger partial charge in [-0.2, -0.15) is 0 Å². The molecular weight excluding hydrogens is 336 g/mol. The van der Waals surface area contributed by atoms with Gasteiger partial charge >= 0.3 is 0 Å². The minimum Gasteiger partial charge on any atom is -0.358 e. The molecule has 1 aromatic heterocycles. The molecule has 0 saturated heterocycles. The maximum atomic E-state index is 11.6. The van der Waals surface area contributed by atoms with Crippen molar-refractivity contribution >= 4 is 56.7 Å². The van der Waals surface area contributed by atoms with Gasteiger partial charge in [-0.05, 0) is 34.7 Å². The van der Waals surface area contributed by atoms with Crippen LogP contribution in [0, 0.1) is 3.57 Å². The highest BCUT2D eigenvalue weighted by molar-refractivity contribution is 14.1. The fourth-order valence-electron chi connectivity index (χ4n) is 1.23. The molecule has 72 valence electrons. The molecule has 0 aliphatic rings. The van der Waals surface area contributed by atoms with Gasteiger partial charge in [0.25, 0.3) is 0 Å². The highest BCUT2D eigenvalue weighted by atomic mass is 127. The van der Waals surface area contributed by atoms with E-state index in [0.29, 0.717) is 15.9 Å². The third kappa shape index (κ3) is 1.64. The van der Waals surface area contributed by atoms with Crippen molar-refractivity contribution in [3.05, 3.63) is 42.2 Å². The van der Waals surface area contributed by atoms with Crippen molar-refractivity contribution in [1.82, 2.24) is 4.98 Å². The maximum Gasteiger partial charge on any atom is 0.208 e. The lowest BCUT2D eigenvalue weighted by Crippen LogP contribution is -2.03. The largest absolute Gasteiger partial charge is 0.358 e. The molecule has 0 aliphatic carbocycles. The monoisotopic (exact) mass is 339 g/mol. The van der Waals surface area contributed by atoms with Gasteiger partial charge in [0.2, 0.25) is 5.43 Å². The zero-order valence-electron chi connectivity index (χ0n) is 6.77. The zero-order chi connectivity index (χ0) is 10.3. The van der Waals surface area contributed by atoms with Crippen LogP contribution in [-0.2, 0) is 0 Å². The molecule has 0 atom stereocenters. The predicted molar refractivity (Wildman–Crippen MR) is 67.3 cm³/mol. The van der Waals surface area contributed by atoms with Gasteiger partial charge in [0, 0.05) is 15.2 Å². The highest BCUT2D eigenvalue weighted by Gasteiger charge is 2.06. The number of halogens is 3. The van der Waals surface area contributed by atoms with E-state index in [0.717, 1.165) is 3.57 Å². The topological polar surface area (TPSA) is 32.9 Å². The quantitative estimate of drug-likeness (QED) is 0.733. The normalized spacial score (nSPS) is 10.8. The fraction of sp³-hybridized carbons (Fsp3) is 0. The first-order chi connectivity index (χ1) is 6.59. The number of fused-ring (bicyclic) bond motifs is 1. The van der Waals surface area contributed by atoms with Crippen molar-refractivity contribution in [3.8, 4) is 0 Å². The van der Waals surface area contributed by atoms with Crippen LogP contribution in [0.3, 0.4) is 0 Å². The molecule has 0 unspecified atom stereocenters. The lowest BCUT2D eigenvalue weighted by atomic mass is 10.2. The Morgan fingerprint density at radius 3 is 2.64 bits per heavy atom. The molecule has 0 amide bonds. The molecule has 0 radical (unpaired) electrons. The van der Waals surface area contributed by atoms with Gasteiger partial charge in [-0.3, -0.25) is 4.79 Å². The molecule has 0 spiro atoms.